The van der Waals surface area contributed by atoms with Crippen LogP contribution in [0.25, 0.3) is 0 Å². The van der Waals surface area contributed by atoms with E-state index in [1.807, 2.05) is 12.2 Å². The van der Waals surface area contributed by atoms with Gasteiger partial charge in [-0.25, -0.2) is 0 Å². The number of rotatable bonds is 0. The molecule has 2 bridgehead atoms. The molecule has 3 heteroatoms. The van der Waals surface area contributed by atoms with Gasteiger partial charge in [0.15, 0.2) is 0 Å². The summed E-state index contributed by atoms with van der Waals surface area (Å²) < 4.78 is 0. The van der Waals surface area contributed by atoms with Crippen molar-refractivity contribution in [3.8, 4) is 0 Å². The molecule has 1 fully saturated rings. The molecule has 2 aliphatic rings. The molecule has 0 aromatic carbocycles. The molecule has 0 aromatic rings. The molecule has 0 spiro atoms. The average molecular weight is 217 g/mol. The van der Waals surface area contributed by atoms with Crippen LogP contribution >= 0.6 is 11.6 Å². The van der Waals surface area contributed by atoms with E-state index in [-0.39, 0.29) is 0 Å². The van der Waals surface area contributed by atoms with Crippen molar-refractivity contribution in [1.29, 1.82) is 0 Å². The number of alkyl halides is 1. The Labute approximate surface area is 89.6 Å². The molecule has 14 heavy (non-hydrogen) atoms. The minimum atomic E-state index is -0.903. The molecule has 80 valence electrons. The summed E-state index contributed by atoms with van der Waals surface area (Å²) in [5.74, 6) is 0. The van der Waals surface area contributed by atoms with Gasteiger partial charge in [0.25, 0.3) is 0 Å². The molecule has 0 aliphatic heterocycles. The molecule has 0 heterocycles. The molecule has 2 N–H and O–H groups in total. The molecule has 0 saturated heterocycles. The van der Waals surface area contributed by atoms with Crippen LogP contribution in [0.15, 0.2) is 12.2 Å². The lowest BCUT2D eigenvalue weighted by atomic mass is 9.83. The maximum atomic E-state index is 10.4. The van der Waals surface area contributed by atoms with E-state index in [9.17, 15) is 10.2 Å². The molecule has 0 aromatic heterocycles. The summed E-state index contributed by atoms with van der Waals surface area (Å²) in [6, 6.07) is 0. The monoisotopic (exact) mass is 216 g/mol. The Balaban J connectivity index is 2.35. The molecule has 2 rings (SSSR count). The van der Waals surface area contributed by atoms with Gasteiger partial charge >= 0.3 is 0 Å². The number of halogens is 1. The van der Waals surface area contributed by atoms with Gasteiger partial charge in [-0.3, -0.25) is 0 Å². The van der Waals surface area contributed by atoms with E-state index in [0.717, 1.165) is 12.8 Å². The summed E-state index contributed by atoms with van der Waals surface area (Å²) in [6.07, 6.45) is 8.34. The van der Waals surface area contributed by atoms with Crippen LogP contribution < -0.4 is 0 Å². The second kappa shape index (κ2) is 3.51. The zero-order valence-corrected chi connectivity index (χ0v) is 9.00. The highest BCUT2D eigenvalue weighted by Gasteiger charge is 2.49. The molecule has 0 amide bonds. The van der Waals surface area contributed by atoms with Crippen molar-refractivity contribution in [2.45, 2.75) is 55.1 Å². The first kappa shape index (κ1) is 10.5. The van der Waals surface area contributed by atoms with Gasteiger partial charge in [-0.1, -0.05) is 25.0 Å². The van der Waals surface area contributed by atoms with Gasteiger partial charge in [0.2, 0.25) is 0 Å². The van der Waals surface area contributed by atoms with E-state index in [4.69, 9.17) is 11.6 Å². The molecule has 2 unspecified atom stereocenters. The van der Waals surface area contributed by atoms with E-state index < -0.39 is 16.6 Å². The molecular weight excluding hydrogens is 200 g/mol. The first-order chi connectivity index (χ1) is 6.57. The van der Waals surface area contributed by atoms with Gasteiger partial charge in [-0.15, -0.1) is 11.6 Å². The van der Waals surface area contributed by atoms with Crippen molar-refractivity contribution in [1.82, 2.24) is 0 Å². The average Bonchev–Trinajstić information content (AvgIpc) is 2.34. The lowest BCUT2D eigenvalue weighted by Gasteiger charge is -2.38. The molecule has 2 aliphatic carbocycles. The summed E-state index contributed by atoms with van der Waals surface area (Å²) in [6.45, 7) is 0. The van der Waals surface area contributed by atoms with E-state index in [1.54, 1.807) is 0 Å². The van der Waals surface area contributed by atoms with Crippen LogP contribution in [-0.2, 0) is 0 Å². The smallest absolute Gasteiger partial charge is 0.0916 e. The Bertz CT molecular complexity index is 230. The Morgan fingerprint density at radius 2 is 1.43 bits per heavy atom. The normalized spacial score (nSPS) is 48.4. The molecular formula is C11H17ClO2. The van der Waals surface area contributed by atoms with Gasteiger partial charge in [-0.05, 0) is 25.7 Å². The van der Waals surface area contributed by atoms with E-state index >= 15 is 0 Å². The molecule has 2 atom stereocenters. The van der Waals surface area contributed by atoms with Crippen molar-refractivity contribution >= 4 is 11.6 Å². The Hall–Kier alpha value is -0.0500. The third-order valence-electron chi connectivity index (χ3n) is 3.52. The fourth-order valence-electron chi connectivity index (χ4n) is 2.60. The number of hydrogen-bond acceptors (Lipinski definition) is 2. The van der Waals surface area contributed by atoms with Gasteiger partial charge in [0.1, 0.15) is 0 Å². The van der Waals surface area contributed by atoms with Gasteiger partial charge in [-0.2, -0.15) is 0 Å². The van der Waals surface area contributed by atoms with Crippen molar-refractivity contribution in [2.24, 2.45) is 0 Å². The maximum Gasteiger partial charge on any atom is 0.0916 e. The van der Waals surface area contributed by atoms with Crippen LogP contribution in [0.3, 0.4) is 0 Å². The Morgan fingerprint density at radius 3 is 1.86 bits per heavy atom. The van der Waals surface area contributed by atoms with Crippen LogP contribution in [0.2, 0.25) is 0 Å². The second-order valence-corrected chi connectivity index (χ2v) is 5.09. The minimum Gasteiger partial charge on any atom is -0.388 e. The van der Waals surface area contributed by atoms with Crippen molar-refractivity contribution in [3.63, 3.8) is 0 Å². The molecule has 2 nitrogen and oxygen atoms in total. The zero-order valence-electron chi connectivity index (χ0n) is 8.25. The first-order valence-electron chi connectivity index (χ1n) is 5.31. The third kappa shape index (κ3) is 1.60. The fourth-order valence-corrected chi connectivity index (χ4v) is 3.00. The quantitative estimate of drug-likeness (QED) is 0.480. The first-order valence-corrected chi connectivity index (χ1v) is 5.74. The van der Waals surface area contributed by atoms with Gasteiger partial charge in [0, 0.05) is 0 Å². The highest BCUT2D eigenvalue weighted by molar-refractivity contribution is 6.22. The van der Waals surface area contributed by atoms with Crippen LogP contribution in [0.4, 0.5) is 0 Å². The minimum absolute atomic E-state index is 0.535. The summed E-state index contributed by atoms with van der Waals surface area (Å²) in [5.41, 5.74) is -1.81. The lowest BCUT2D eigenvalue weighted by molar-refractivity contribution is -0.0485. The SMILES string of the molecule is OC12CC=CCC(O)(CCCC1)C2Cl. The predicted octanol–water partition coefficient (Wildman–Crippen LogP) is 1.98. The van der Waals surface area contributed by atoms with Crippen molar-refractivity contribution in [3.05, 3.63) is 12.2 Å². The molecule has 0 radical (unpaired) electrons. The summed E-state index contributed by atoms with van der Waals surface area (Å²) >= 11 is 6.24. The number of aliphatic hydroxyl groups is 2. The third-order valence-corrected chi connectivity index (χ3v) is 4.33. The van der Waals surface area contributed by atoms with Crippen molar-refractivity contribution < 1.29 is 10.2 Å². The van der Waals surface area contributed by atoms with Crippen LogP contribution in [0, 0.1) is 0 Å². The van der Waals surface area contributed by atoms with E-state index in [0.29, 0.717) is 25.7 Å². The van der Waals surface area contributed by atoms with Crippen LogP contribution in [0.1, 0.15) is 38.5 Å². The van der Waals surface area contributed by atoms with E-state index in [1.165, 1.54) is 0 Å². The van der Waals surface area contributed by atoms with Gasteiger partial charge in [0.05, 0.1) is 16.6 Å². The van der Waals surface area contributed by atoms with E-state index in [2.05, 4.69) is 0 Å². The lowest BCUT2D eigenvalue weighted by Crippen LogP contribution is -2.51. The summed E-state index contributed by atoms with van der Waals surface area (Å²) in [4.78, 5) is 0. The summed E-state index contributed by atoms with van der Waals surface area (Å²) in [7, 11) is 0. The van der Waals surface area contributed by atoms with Crippen LogP contribution in [0.5, 0.6) is 0 Å². The fraction of sp³-hybridized carbons (Fsp3) is 0.818. The molecule has 1 saturated carbocycles. The highest BCUT2D eigenvalue weighted by atomic mass is 35.5. The predicted molar refractivity (Wildman–Crippen MR) is 56.4 cm³/mol. The van der Waals surface area contributed by atoms with Crippen molar-refractivity contribution in [2.75, 3.05) is 0 Å². The maximum absolute atomic E-state index is 10.4. The highest BCUT2D eigenvalue weighted by Crippen LogP contribution is 2.43. The van der Waals surface area contributed by atoms with Crippen LogP contribution in [-0.4, -0.2) is 26.8 Å². The Kier molecular flexibility index (Phi) is 2.63. The standard InChI is InChI=1S/C11H17ClO2/c12-9-10(13)5-1-2-6-11(9,14)8-4-3-7-10/h1-2,9,13-14H,3-8H2. The second-order valence-electron chi connectivity index (χ2n) is 4.66. The number of fused-ring (bicyclic) bond motifs is 2. The number of hydrogen-bond donors (Lipinski definition) is 2. The largest absolute Gasteiger partial charge is 0.388 e. The van der Waals surface area contributed by atoms with Gasteiger partial charge < -0.3 is 10.2 Å². The zero-order chi connectivity index (χ0) is 10.2. The topological polar surface area (TPSA) is 40.5 Å². The summed E-state index contributed by atoms with van der Waals surface area (Å²) in [5, 5.41) is 20.2. The Morgan fingerprint density at radius 1 is 1.00 bits per heavy atom.